The highest BCUT2D eigenvalue weighted by Gasteiger charge is 2.21. The van der Waals surface area contributed by atoms with Crippen molar-refractivity contribution in [1.82, 2.24) is 19.7 Å². The fraction of sp³-hybridized carbons (Fsp3) is 0.143. The molecule has 8 heteroatoms. The summed E-state index contributed by atoms with van der Waals surface area (Å²) in [6, 6.07) is 11.9. The van der Waals surface area contributed by atoms with Crippen molar-refractivity contribution < 1.29 is 4.79 Å². The molecule has 0 radical (unpaired) electrons. The average Bonchev–Trinajstić information content (AvgIpc) is 3.28. The Bertz CT molecular complexity index is 1150. The van der Waals surface area contributed by atoms with E-state index in [2.05, 4.69) is 20.4 Å². The van der Waals surface area contributed by atoms with Crippen LogP contribution in [0.3, 0.4) is 0 Å². The molecular formula is C21H18ClN5OS. The monoisotopic (exact) mass is 423 g/mol. The first-order chi connectivity index (χ1) is 14.0. The predicted molar refractivity (Wildman–Crippen MR) is 116 cm³/mol. The summed E-state index contributed by atoms with van der Waals surface area (Å²) in [6.07, 6.45) is 3.44. The van der Waals surface area contributed by atoms with Gasteiger partial charge in [-0.2, -0.15) is 5.10 Å². The highest BCUT2D eigenvalue weighted by molar-refractivity contribution is 7.14. The van der Waals surface area contributed by atoms with Crippen LogP contribution in [-0.4, -0.2) is 25.7 Å². The Labute approximate surface area is 177 Å². The van der Waals surface area contributed by atoms with E-state index in [0.29, 0.717) is 28.1 Å². The van der Waals surface area contributed by atoms with E-state index in [1.54, 1.807) is 24.0 Å². The van der Waals surface area contributed by atoms with Gasteiger partial charge in [-0.25, -0.2) is 9.67 Å². The number of hydrogen-bond acceptors (Lipinski definition) is 5. The van der Waals surface area contributed by atoms with E-state index < -0.39 is 0 Å². The minimum absolute atomic E-state index is 0.310. The molecule has 1 aromatic carbocycles. The molecule has 1 N–H and O–H groups in total. The van der Waals surface area contributed by atoms with Gasteiger partial charge in [-0.05, 0) is 31.5 Å². The van der Waals surface area contributed by atoms with Gasteiger partial charge in [0.1, 0.15) is 5.15 Å². The lowest BCUT2D eigenvalue weighted by Gasteiger charge is -2.05. The number of thiazole rings is 1. The van der Waals surface area contributed by atoms with Gasteiger partial charge in [0.2, 0.25) is 0 Å². The molecular weight excluding hydrogens is 406 g/mol. The Morgan fingerprint density at radius 3 is 2.72 bits per heavy atom. The van der Waals surface area contributed by atoms with Gasteiger partial charge in [0.15, 0.2) is 5.13 Å². The molecule has 0 unspecified atom stereocenters. The van der Waals surface area contributed by atoms with Crippen LogP contribution in [0, 0.1) is 13.8 Å². The second kappa shape index (κ2) is 8.14. The van der Waals surface area contributed by atoms with Gasteiger partial charge in [-0.3, -0.25) is 15.1 Å². The fourth-order valence-electron chi connectivity index (χ4n) is 2.92. The summed E-state index contributed by atoms with van der Waals surface area (Å²) < 4.78 is 1.64. The summed E-state index contributed by atoms with van der Waals surface area (Å²) in [5, 5.41) is 9.95. The maximum atomic E-state index is 12.8. The third-order valence-electron chi connectivity index (χ3n) is 4.43. The normalized spacial score (nSPS) is 10.9. The van der Waals surface area contributed by atoms with E-state index in [4.69, 9.17) is 11.6 Å². The number of nitrogens with zero attached hydrogens (tertiary/aromatic N) is 4. The predicted octanol–water partition coefficient (Wildman–Crippen LogP) is 4.97. The van der Waals surface area contributed by atoms with Crippen molar-refractivity contribution in [2.24, 2.45) is 0 Å². The minimum atomic E-state index is -0.324. The van der Waals surface area contributed by atoms with Crippen LogP contribution in [0.15, 0.2) is 54.2 Å². The zero-order valence-corrected chi connectivity index (χ0v) is 17.5. The van der Waals surface area contributed by atoms with Crippen LogP contribution in [0.5, 0.6) is 0 Å². The smallest absolute Gasteiger partial charge is 0.262 e. The van der Waals surface area contributed by atoms with Gasteiger partial charge in [-0.1, -0.05) is 41.4 Å². The molecule has 6 nitrogen and oxygen atoms in total. The van der Waals surface area contributed by atoms with Crippen LogP contribution < -0.4 is 5.32 Å². The van der Waals surface area contributed by atoms with Gasteiger partial charge in [0.05, 0.1) is 23.5 Å². The average molecular weight is 424 g/mol. The number of nitrogens with one attached hydrogen (secondary N) is 1. The van der Waals surface area contributed by atoms with Gasteiger partial charge in [-0.15, -0.1) is 11.3 Å². The summed E-state index contributed by atoms with van der Waals surface area (Å²) >= 11 is 7.84. The molecule has 3 aromatic heterocycles. The van der Waals surface area contributed by atoms with Crippen molar-refractivity contribution in [2.45, 2.75) is 20.4 Å². The molecule has 146 valence electrons. The third kappa shape index (κ3) is 4.21. The van der Waals surface area contributed by atoms with E-state index in [9.17, 15) is 4.79 Å². The number of hydrogen-bond donors (Lipinski definition) is 1. The lowest BCUT2D eigenvalue weighted by molar-refractivity contribution is 0.102. The fourth-order valence-corrected chi connectivity index (χ4v) is 3.95. The van der Waals surface area contributed by atoms with Crippen LogP contribution in [0.4, 0.5) is 5.13 Å². The summed E-state index contributed by atoms with van der Waals surface area (Å²) in [4.78, 5) is 21.4. The first-order valence-corrected chi connectivity index (χ1v) is 10.2. The van der Waals surface area contributed by atoms with Crippen molar-refractivity contribution in [3.8, 4) is 11.3 Å². The van der Waals surface area contributed by atoms with Gasteiger partial charge in [0, 0.05) is 23.3 Å². The van der Waals surface area contributed by atoms with E-state index in [0.717, 1.165) is 16.8 Å². The van der Waals surface area contributed by atoms with Crippen LogP contribution in [-0.2, 0) is 6.54 Å². The first-order valence-electron chi connectivity index (χ1n) is 8.97. The molecule has 0 aliphatic carbocycles. The van der Waals surface area contributed by atoms with Crippen molar-refractivity contribution >= 4 is 34.0 Å². The number of pyridine rings is 1. The van der Waals surface area contributed by atoms with Crippen molar-refractivity contribution in [1.29, 1.82) is 0 Å². The van der Waals surface area contributed by atoms with E-state index in [-0.39, 0.29) is 5.91 Å². The minimum Gasteiger partial charge on any atom is -0.298 e. The zero-order chi connectivity index (χ0) is 20.4. The summed E-state index contributed by atoms with van der Waals surface area (Å²) in [5.41, 5.74) is 4.83. The number of carbonyl (C=O) groups excluding carboxylic acids is 1. The maximum Gasteiger partial charge on any atom is 0.262 e. The van der Waals surface area contributed by atoms with Crippen molar-refractivity contribution in [2.75, 3.05) is 5.32 Å². The molecule has 0 saturated carbocycles. The number of aryl methyl sites for hydroxylation is 2. The number of anilines is 1. The largest absolute Gasteiger partial charge is 0.298 e. The standard InChI is InChI=1S/C21H18ClN5OS/c1-13-5-7-15(8-6-13)11-27-19(22)18(14(2)26-27)20(28)25-21-24-17(12-29-21)16-4-3-9-23-10-16/h3-10,12H,11H2,1-2H3,(H,24,25,28). The molecule has 0 aliphatic rings. The zero-order valence-electron chi connectivity index (χ0n) is 15.9. The van der Waals surface area contributed by atoms with Crippen LogP contribution in [0.1, 0.15) is 27.2 Å². The molecule has 29 heavy (non-hydrogen) atoms. The van der Waals surface area contributed by atoms with E-state index in [1.165, 1.54) is 16.9 Å². The molecule has 1 amide bonds. The third-order valence-corrected chi connectivity index (χ3v) is 5.57. The molecule has 0 spiro atoms. The van der Waals surface area contributed by atoms with E-state index in [1.807, 2.05) is 48.7 Å². The molecule has 0 saturated heterocycles. The Kier molecular flexibility index (Phi) is 5.42. The highest BCUT2D eigenvalue weighted by Crippen LogP contribution is 2.26. The first kappa shape index (κ1) is 19.3. The SMILES string of the molecule is Cc1ccc(Cn2nc(C)c(C(=O)Nc3nc(-c4cccnc4)cs3)c2Cl)cc1. The molecule has 0 fully saturated rings. The topological polar surface area (TPSA) is 72.7 Å². The molecule has 0 bridgehead atoms. The van der Waals surface area contributed by atoms with Gasteiger partial charge < -0.3 is 0 Å². The van der Waals surface area contributed by atoms with Crippen LogP contribution in [0.2, 0.25) is 5.15 Å². The number of halogens is 1. The van der Waals surface area contributed by atoms with Gasteiger partial charge >= 0.3 is 0 Å². The van der Waals surface area contributed by atoms with Crippen LogP contribution in [0.25, 0.3) is 11.3 Å². The quantitative estimate of drug-likeness (QED) is 0.491. The Morgan fingerprint density at radius 1 is 1.21 bits per heavy atom. The Morgan fingerprint density at radius 2 is 2.00 bits per heavy atom. The van der Waals surface area contributed by atoms with E-state index >= 15 is 0 Å². The van der Waals surface area contributed by atoms with Crippen molar-refractivity contribution in [3.05, 3.63) is 81.7 Å². The molecule has 0 aliphatic heterocycles. The summed E-state index contributed by atoms with van der Waals surface area (Å²) in [7, 11) is 0. The lowest BCUT2D eigenvalue weighted by Crippen LogP contribution is -2.13. The number of benzene rings is 1. The highest BCUT2D eigenvalue weighted by atomic mass is 35.5. The Hall–Kier alpha value is -3.03. The van der Waals surface area contributed by atoms with Crippen LogP contribution >= 0.6 is 22.9 Å². The molecule has 4 aromatic rings. The van der Waals surface area contributed by atoms with Crippen molar-refractivity contribution in [3.63, 3.8) is 0 Å². The van der Waals surface area contributed by atoms with Gasteiger partial charge in [0.25, 0.3) is 5.91 Å². The summed E-state index contributed by atoms with van der Waals surface area (Å²) in [5.74, 6) is -0.324. The number of rotatable bonds is 5. The number of aromatic nitrogens is 4. The lowest BCUT2D eigenvalue weighted by atomic mass is 10.1. The summed E-state index contributed by atoms with van der Waals surface area (Å²) in [6.45, 7) is 4.31. The number of carbonyl (C=O) groups is 1. The second-order valence-electron chi connectivity index (χ2n) is 6.63. The second-order valence-corrected chi connectivity index (χ2v) is 7.84. The molecule has 4 rings (SSSR count). The number of amides is 1. The maximum absolute atomic E-state index is 12.8. The molecule has 0 atom stereocenters. The Balaban J connectivity index is 1.52. The molecule has 3 heterocycles.